The van der Waals surface area contributed by atoms with E-state index in [1.165, 1.54) is 0 Å². The fraction of sp³-hybridized carbons (Fsp3) is 0.167. The lowest BCUT2D eigenvalue weighted by Crippen LogP contribution is -2.20. The van der Waals surface area contributed by atoms with Gasteiger partial charge < -0.3 is 9.47 Å². The molecule has 4 heteroatoms. The predicted molar refractivity (Wildman–Crippen MR) is 108 cm³/mol. The Morgan fingerprint density at radius 1 is 0.786 bits per heavy atom. The summed E-state index contributed by atoms with van der Waals surface area (Å²) in [5, 5.41) is 0. The third-order valence-electron chi connectivity index (χ3n) is 4.68. The first-order valence-electron chi connectivity index (χ1n) is 9.01. The number of Topliss-reactive ketones (excluding diaryl/α,β-unsaturated/α-hetero) is 1. The van der Waals surface area contributed by atoms with E-state index in [2.05, 4.69) is 0 Å². The number of carbonyl (C=O) groups is 2. The van der Waals surface area contributed by atoms with Gasteiger partial charge in [0.15, 0.2) is 6.10 Å². The van der Waals surface area contributed by atoms with Crippen LogP contribution in [0.1, 0.15) is 43.5 Å². The van der Waals surface area contributed by atoms with Gasteiger partial charge in [-0.05, 0) is 55.3 Å². The van der Waals surface area contributed by atoms with Crippen LogP contribution in [0.3, 0.4) is 0 Å². The molecule has 0 heterocycles. The lowest BCUT2D eigenvalue weighted by Gasteiger charge is -2.18. The van der Waals surface area contributed by atoms with Crippen molar-refractivity contribution in [3.8, 4) is 5.75 Å². The molecule has 0 aliphatic heterocycles. The SMILES string of the molecule is COc1ccc(C(=O)O[C@@H](C(=O)c2ccc(C)c(C)c2)c2ccccc2)cc1. The number of methoxy groups -OCH3 is 1. The van der Waals surface area contributed by atoms with Gasteiger partial charge in [-0.2, -0.15) is 0 Å². The average Bonchev–Trinajstić information content (AvgIpc) is 2.74. The summed E-state index contributed by atoms with van der Waals surface area (Å²) in [7, 11) is 1.56. The lowest BCUT2D eigenvalue weighted by molar-refractivity contribution is 0.0280. The number of carbonyl (C=O) groups excluding carboxylic acids is 2. The number of hydrogen-bond donors (Lipinski definition) is 0. The molecule has 142 valence electrons. The molecule has 0 saturated heterocycles. The highest BCUT2D eigenvalue weighted by Gasteiger charge is 2.27. The van der Waals surface area contributed by atoms with E-state index in [4.69, 9.17) is 9.47 Å². The van der Waals surface area contributed by atoms with E-state index in [-0.39, 0.29) is 5.78 Å². The molecular weight excluding hydrogens is 352 g/mol. The van der Waals surface area contributed by atoms with Gasteiger partial charge >= 0.3 is 5.97 Å². The zero-order valence-electron chi connectivity index (χ0n) is 16.1. The molecule has 0 aliphatic carbocycles. The van der Waals surface area contributed by atoms with Crippen LogP contribution in [0, 0.1) is 13.8 Å². The molecule has 28 heavy (non-hydrogen) atoms. The molecule has 1 atom stereocenters. The molecule has 0 fully saturated rings. The van der Waals surface area contributed by atoms with E-state index in [1.807, 2.05) is 44.2 Å². The number of rotatable bonds is 6. The second kappa shape index (κ2) is 8.53. The number of esters is 1. The van der Waals surface area contributed by atoms with Gasteiger partial charge in [0.25, 0.3) is 0 Å². The maximum Gasteiger partial charge on any atom is 0.339 e. The number of benzene rings is 3. The summed E-state index contributed by atoms with van der Waals surface area (Å²) in [4.78, 5) is 25.8. The Hall–Kier alpha value is -3.40. The van der Waals surface area contributed by atoms with Crippen molar-refractivity contribution in [2.45, 2.75) is 20.0 Å². The van der Waals surface area contributed by atoms with Crippen LogP contribution in [0.25, 0.3) is 0 Å². The van der Waals surface area contributed by atoms with Crippen LogP contribution in [0.4, 0.5) is 0 Å². The van der Waals surface area contributed by atoms with Crippen LogP contribution < -0.4 is 4.74 Å². The summed E-state index contributed by atoms with van der Waals surface area (Å²) in [6, 6.07) is 21.1. The highest BCUT2D eigenvalue weighted by atomic mass is 16.5. The van der Waals surface area contributed by atoms with Gasteiger partial charge in [0.05, 0.1) is 12.7 Å². The minimum Gasteiger partial charge on any atom is -0.497 e. The standard InChI is InChI=1S/C24H22O4/c1-16-9-10-20(15-17(16)2)22(25)23(18-7-5-4-6-8-18)28-24(26)19-11-13-21(27-3)14-12-19/h4-15,23H,1-3H3/t23-/m1/s1. The molecule has 0 unspecified atom stereocenters. The van der Waals surface area contributed by atoms with Crippen LogP contribution >= 0.6 is 0 Å². The van der Waals surface area contributed by atoms with Crippen LogP contribution in [-0.2, 0) is 4.74 Å². The van der Waals surface area contributed by atoms with E-state index in [1.54, 1.807) is 49.6 Å². The van der Waals surface area contributed by atoms with Gasteiger partial charge in [0.2, 0.25) is 5.78 Å². The van der Waals surface area contributed by atoms with Gasteiger partial charge in [-0.25, -0.2) is 4.79 Å². The van der Waals surface area contributed by atoms with E-state index < -0.39 is 12.1 Å². The fourth-order valence-corrected chi connectivity index (χ4v) is 2.85. The van der Waals surface area contributed by atoms with Gasteiger partial charge in [-0.15, -0.1) is 0 Å². The van der Waals surface area contributed by atoms with Gasteiger partial charge in [-0.1, -0.05) is 42.5 Å². The largest absolute Gasteiger partial charge is 0.497 e. The maximum absolute atomic E-state index is 13.2. The molecule has 0 aliphatic rings. The molecule has 0 bridgehead atoms. The summed E-state index contributed by atoms with van der Waals surface area (Å²) in [6.45, 7) is 3.94. The van der Waals surface area contributed by atoms with E-state index in [0.29, 0.717) is 22.4 Å². The van der Waals surface area contributed by atoms with Crippen molar-refractivity contribution in [2.75, 3.05) is 7.11 Å². The Kier molecular flexibility index (Phi) is 5.90. The summed E-state index contributed by atoms with van der Waals surface area (Å²) in [5.41, 5.74) is 3.61. The number of hydrogen-bond acceptors (Lipinski definition) is 4. The second-order valence-corrected chi connectivity index (χ2v) is 6.59. The zero-order chi connectivity index (χ0) is 20.1. The molecule has 0 N–H and O–H groups in total. The lowest BCUT2D eigenvalue weighted by atomic mass is 9.97. The van der Waals surface area contributed by atoms with Crippen molar-refractivity contribution in [3.63, 3.8) is 0 Å². The third-order valence-corrected chi connectivity index (χ3v) is 4.68. The predicted octanol–water partition coefficient (Wildman–Crippen LogP) is 5.09. The third kappa shape index (κ3) is 4.29. The molecule has 0 radical (unpaired) electrons. The Morgan fingerprint density at radius 2 is 1.43 bits per heavy atom. The first-order chi connectivity index (χ1) is 13.5. The van der Waals surface area contributed by atoms with Crippen molar-refractivity contribution in [1.29, 1.82) is 0 Å². The van der Waals surface area contributed by atoms with Crippen LogP contribution in [0.5, 0.6) is 5.75 Å². The average molecular weight is 374 g/mol. The zero-order valence-corrected chi connectivity index (χ0v) is 16.1. The monoisotopic (exact) mass is 374 g/mol. The van der Waals surface area contributed by atoms with E-state index >= 15 is 0 Å². The molecule has 0 saturated carbocycles. The van der Waals surface area contributed by atoms with Gasteiger partial charge in [0, 0.05) is 11.1 Å². The first-order valence-corrected chi connectivity index (χ1v) is 9.01. The number of ketones is 1. The molecular formula is C24H22O4. The number of aryl methyl sites for hydroxylation is 2. The van der Waals surface area contributed by atoms with E-state index in [0.717, 1.165) is 11.1 Å². The topological polar surface area (TPSA) is 52.6 Å². The van der Waals surface area contributed by atoms with Crippen molar-refractivity contribution in [1.82, 2.24) is 0 Å². The van der Waals surface area contributed by atoms with Crippen molar-refractivity contribution in [3.05, 3.63) is 101 Å². The van der Waals surface area contributed by atoms with Gasteiger partial charge in [0.1, 0.15) is 5.75 Å². The Bertz CT molecular complexity index is 975. The minimum atomic E-state index is -1.02. The summed E-state index contributed by atoms with van der Waals surface area (Å²) in [6.07, 6.45) is -1.02. The smallest absolute Gasteiger partial charge is 0.339 e. The molecule has 3 aromatic carbocycles. The Labute approximate surface area is 164 Å². The van der Waals surface area contributed by atoms with E-state index in [9.17, 15) is 9.59 Å². The van der Waals surface area contributed by atoms with Crippen molar-refractivity contribution in [2.24, 2.45) is 0 Å². The molecule has 0 amide bonds. The maximum atomic E-state index is 13.2. The Balaban J connectivity index is 1.91. The first kappa shape index (κ1) is 19.4. The summed E-state index contributed by atoms with van der Waals surface area (Å²) < 4.78 is 10.8. The normalized spacial score (nSPS) is 11.5. The quantitative estimate of drug-likeness (QED) is 0.445. The van der Waals surface area contributed by atoms with Crippen molar-refractivity contribution < 1.29 is 19.1 Å². The minimum absolute atomic E-state index is 0.254. The van der Waals surface area contributed by atoms with Crippen LogP contribution in [-0.4, -0.2) is 18.9 Å². The fourth-order valence-electron chi connectivity index (χ4n) is 2.85. The summed E-state index contributed by atoms with van der Waals surface area (Å²) >= 11 is 0. The molecule has 0 aromatic heterocycles. The van der Waals surface area contributed by atoms with Crippen molar-refractivity contribution >= 4 is 11.8 Å². The highest BCUT2D eigenvalue weighted by Crippen LogP contribution is 2.25. The van der Waals surface area contributed by atoms with Crippen LogP contribution in [0.2, 0.25) is 0 Å². The van der Waals surface area contributed by atoms with Crippen LogP contribution in [0.15, 0.2) is 72.8 Å². The van der Waals surface area contributed by atoms with Gasteiger partial charge in [-0.3, -0.25) is 4.79 Å². The Morgan fingerprint density at radius 3 is 2.04 bits per heavy atom. The summed E-state index contributed by atoms with van der Waals surface area (Å²) in [5.74, 6) is -0.174. The highest BCUT2D eigenvalue weighted by molar-refractivity contribution is 6.02. The molecule has 4 nitrogen and oxygen atoms in total. The molecule has 3 rings (SSSR count). The molecule has 0 spiro atoms. The molecule has 3 aromatic rings. The second-order valence-electron chi connectivity index (χ2n) is 6.59. The number of ether oxygens (including phenoxy) is 2.